The second-order valence-corrected chi connectivity index (χ2v) is 5.63. The second-order valence-electron chi connectivity index (χ2n) is 5.63. The van der Waals surface area contributed by atoms with Crippen molar-refractivity contribution < 1.29 is 4.79 Å². The van der Waals surface area contributed by atoms with Gasteiger partial charge in [-0.3, -0.25) is 4.79 Å². The molecule has 0 radical (unpaired) electrons. The fourth-order valence-electron chi connectivity index (χ4n) is 2.24. The monoisotopic (exact) mass is 312 g/mol. The molecule has 5 nitrogen and oxygen atoms in total. The van der Waals surface area contributed by atoms with Gasteiger partial charge in [0.25, 0.3) is 5.91 Å². The second kappa shape index (κ2) is 8.27. The van der Waals surface area contributed by atoms with E-state index >= 15 is 0 Å². The largest absolute Gasteiger partial charge is 0.350 e. The minimum absolute atomic E-state index is 0.0696. The van der Waals surface area contributed by atoms with Gasteiger partial charge in [-0.25, -0.2) is 9.97 Å². The van der Waals surface area contributed by atoms with Crippen molar-refractivity contribution >= 4 is 11.9 Å². The molecule has 1 aromatic carbocycles. The molecule has 122 valence electrons. The Balaban J connectivity index is 2.02. The highest BCUT2D eigenvalue weighted by atomic mass is 16.2. The minimum atomic E-state index is -0.0696. The van der Waals surface area contributed by atoms with Gasteiger partial charge in [0.05, 0.1) is 0 Å². The van der Waals surface area contributed by atoms with E-state index in [9.17, 15) is 4.79 Å². The van der Waals surface area contributed by atoms with Crippen molar-refractivity contribution in [3.8, 4) is 0 Å². The average Bonchev–Trinajstić information content (AvgIpc) is 2.58. The van der Waals surface area contributed by atoms with Crippen LogP contribution in [0.4, 0.5) is 5.95 Å². The zero-order chi connectivity index (χ0) is 16.7. The molecule has 0 aliphatic rings. The quantitative estimate of drug-likeness (QED) is 0.852. The molecule has 0 saturated carbocycles. The smallest absolute Gasteiger partial charge is 0.272 e. The van der Waals surface area contributed by atoms with E-state index in [0.29, 0.717) is 18.2 Å². The standard InChI is InChI=1S/C18H24N4O/c1-4-5-12-22(3)17(23)16-10-11-19-18(21-16)20-13-15-9-7-6-8-14(15)2/h6-11H,4-5,12-13H2,1-3H3,(H,19,20,21). The lowest BCUT2D eigenvalue weighted by molar-refractivity contribution is 0.0787. The first-order chi connectivity index (χ1) is 11.1. The van der Waals surface area contributed by atoms with Gasteiger partial charge >= 0.3 is 0 Å². The van der Waals surface area contributed by atoms with E-state index in [0.717, 1.165) is 19.4 Å². The molecule has 0 aliphatic heterocycles. The Hall–Kier alpha value is -2.43. The fraction of sp³-hybridized carbons (Fsp3) is 0.389. The topological polar surface area (TPSA) is 58.1 Å². The molecule has 0 bridgehead atoms. The highest BCUT2D eigenvalue weighted by molar-refractivity contribution is 5.92. The maximum atomic E-state index is 12.3. The number of anilines is 1. The maximum absolute atomic E-state index is 12.3. The lowest BCUT2D eigenvalue weighted by atomic mass is 10.1. The van der Waals surface area contributed by atoms with Crippen molar-refractivity contribution in [2.75, 3.05) is 18.9 Å². The molecule has 23 heavy (non-hydrogen) atoms. The third kappa shape index (κ3) is 4.77. The molecule has 1 aromatic heterocycles. The fourth-order valence-corrected chi connectivity index (χ4v) is 2.24. The van der Waals surface area contributed by atoms with Gasteiger partial charge in [-0.15, -0.1) is 0 Å². The maximum Gasteiger partial charge on any atom is 0.272 e. The van der Waals surface area contributed by atoms with E-state index in [-0.39, 0.29) is 5.91 Å². The molecule has 1 N–H and O–H groups in total. The Bertz CT molecular complexity index is 657. The molecule has 5 heteroatoms. The summed E-state index contributed by atoms with van der Waals surface area (Å²) in [5.41, 5.74) is 2.82. The van der Waals surface area contributed by atoms with Crippen LogP contribution < -0.4 is 5.32 Å². The summed E-state index contributed by atoms with van der Waals surface area (Å²) in [5.74, 6) is 0.405. The predicted octanol–water partition coefficient (Wildman–Crippen LogP) is 3.27. The number of hydrogen-bond acceptors (Lipinski definition) is 4. The Morgan fingerprint density at radius 2 is 2.04 bits per heavy atom. The van der Waals surface area contributed by atoms with Crippen molar-refractivity contribution in [2.45, 2.75) is 33.2 Å². The zero-order valence-corrected chi connectivity index (χ0v) is 14.0. The van der Waals surface area contributed by atoms with E-state index in [2.05, 4.69) is 41.3 Å². The Morgan fingerprint density at radius 1 is 1.26 bits per heavy atom. The summed E-state index contributed by atoms with van der Waals surface area (Å²) >= 11 is 0. The van der Waals surface area contributed by atoms with Crippen molar-refractivity contribution in [1.82, 2.24) is 14.9 Å². The number of benzene rings is 1. The molecule has 1 heterocycles. The number of carbonyl (C=O) groups is 1. The molecule has 0 unspecified atom stereocenters. The van der Waals surface area contributed by atoms with E-state index in [4.69, 9.17) is 0 Å². The number of amides is 1. The van der Waals surface area contributed by atoms with Crippen molar-refractivity contribution in [3.05, 3.63) is 53.3 Å². The third-order valence-electron chi connectivity index (χ3n) is 3.77. The van der Waals surface area contributed by atoms with Crippen molar-refractivity contribution in [1.29, 1.82) is 0 Å². The molecule has 0 atom stereocenters. The average molecular weight is 312 g/mol. The summed E-state index contributed by atoms with van der Waals surface area (Å²) in [4.78, 5) is 22.6. The molecule has 0 fully saturated rings. The molecular formula is C18H24N4O. The zero-order valence-electron chi connectivity index (χ0n) is 14.0. The van der Waals surface area contributed by atoms with E-state index < -0.39 is 0 Å². The number of unbranched alkanes of at least 4 members (excludes halogenated alkanes) is 1. The van der Waals surface area contributed by atoms with Crippen LogP contribution in [0.15, 0.2) is 36.5 Å². The molecule has 0 saturated heterocycles. The van der Waals surface area contributed by atoms with Gasteiger partial charge in [-0.1, -0.05) is 37.6 Å². The van der Waals surface area contributed by atoms with Crippen LogP contribution in [0.5, 0.6) is 0 Å². The van der Waals surface area contributed by atoms with Gasteiger partial charge < -0.3 is 10.2 Å². The van der Waals surface area contributed by atoms with Crippen LogP contribution in [-0.2, 0) is 6.54 Å². The van der Waals surface area contributed by atoms with Crippen LogP contribution in [0, 0.1) is 6.92 Å². The number of nitrogens with zero attached hydrogens (tertiary/aromatic N) is 3. The molecule has 2 rings (SSSR count). The number of nitrogens with one attached hydrogen (secondary N) is 1. The number of aromatic nitrogens is 2. The van der Waals surface area contributed by atoms with E-state index in [1.807, 2.05) is 12.1 Å². The molecule has 1 amide bonds. The van der Waals surface area contributed by atoms with Crippen LogP contribution >= 0.6 is 0 Å². The van der Waals surface area contributed by atoms with Gasteiger partial charge in [-0.2, -0.15) is 0 Å². The SMILES string of the molecule is CCCCN(C)C(=O)c1ccnc(NCc2ccccc2C)n1. The number of hydrogen-bond donors (Lipinski definition) is 1. The van der Waals surface area contributed by atoms with Crippen LogP contribution in [0.1, 0.15) is 41.4 Å². The third-order valence-corrected chi connectivity index (χ3v) is 3.77. The first kappa shape index (κ1) is 16.9. The normalized spacial score (nSPS) is 10.4. The molecule has 2 aromatic rings. The number of rotatable bonds is 7. The summed E-state index contributed by atoms with van der Waals surface area (Å²) in [6.45, 7) is 5.55. The van der Waals surface area contributed by atoms with E-state index in [1.54, 1.807) is 24.2 Å². The van der Waals surface area contributed by atoms with Crippen LogP contribution in [-0.4, -0.2) is 34.4 Å². The Morgan fingerprint density at radius 3 is 2.78 bits per heavy atom. The molecule has 0 aliphatic carbocycles. The molecule has 0 spiro atoms. The van der Waals surface area contributed by atoms with Gasteiger partial charge in [0, 0.05) is 26.3 Å². The first-order valence-corrected chi connectivity index (χ1v) is 7.98. The highest BCUT2D eigenvalue weighted by Crippen LogP contribution is 2.10. The minimum Gasteiger partial charge on any atom is -0.350 e. The predicted molar refractivity (Wildman–Crippen MR) is 92.4 cm³/mol. The lowest BCUT2D eigenvalue weighted by Crippen LogP contribution is -2.28. The van der Waals surface area contributed by atoms with Crippen molar-refractivity contribution in [3.63, 3.8) is 0 Å². The highest BCUT2D eigenvalue weighted by Gasteiger charge is 2.13. The number of carbonyl (C=O) groups excluding carboxylic acids is 1. The van der Waals surface area contributed by atoms with Gasteiger partial charge in [0.15, 0.2) is 0 Å². The van der Waals surface area contributed by atoms with Crippen LogP contribution in [0.3, 0.4) is 0 Å². The summed E-state index contributed by atoms with van der Waals surface area (Å²) in [6.07, 6.45) is 3.67. The lowest BCUT2D eigenvalue weighted by Gasteiger charge is -2.16. The van der Waals surface area contributed by atoms with E-state index in [1.165, 1.54) is 11.1 Å². The van der Waals surface area contributed by atoms with Gasteiger partial charge in [0.2, 0.25) is 5.95 Å². The summed E-state index contributed by atoms with van der Waals surface area (Å²) in [7, 11) is 1.81. The summed E-state index contributed by atoms with van der Waals surface area (Å²) in [5, 5.41) is 3.19. The van der Waals surface area contributed by atoms with Crippen molar-refractivity contribution in [2.24, 2.45) is 0 Å². The summed E-state index contributed by atoms with van der Waals surface area (Å²) < 4.78 is 0. The first-order valence-electron chi connectivity index (χ1n) is 7.98. The van der Waals surface area contributed by atoms with Gasteiger partial charge in [0.1, 0.15) is 5.69 Å². The van der Waals surface area contributed by atoms with Crippen LogP contribution in [0.2, 0.25) is 0 Å². The Kier molecular flexibility index (Phi) is 6.09. The summed E-state index contributed by atoms with van der Waals surface area (Å²) in [6, 6.07) is 9.81. The number of aryl methyl sites for hydroxylation is 1. The van der Waals surface area contributed by atoms with Gasteiger partial charge in [-0.05, 0) is 30.5 Å². The van der Waals surface area contributed by atoms with Crippen LogP contribution in [0.25, 0.3) is 0 Å². The Labute approximate surface area is 137 Å². The molecular weight excluding hydrogens is 288 g/mol.